The lowest BCUT2D eigenvalue weighted by atomic mass is 10.1. The predicted octanol–water partition coefficient (Wildman–Crippen LogP) is 3.38. The minimum absolute atomic E-state index is 0.128. The van der Waals surface area contributed by atoms with Gasteiger partial charge in [0.15, 0.2) is 0 Å². The molecule has 2 aromatic carbocycles. The molecule has 4 rings (SSSR count). The Morgan fingerprint density at radius 1 is 1.00 bits per heavy atom. The van der Waals surface area contributed by atoms with Crippen LogP contribution in [0.4, 0.5) is 0 Å². The van der Waals surface area contributed by atoms with Gasteiger partial charge in [-0.05, 0) is 65.9 Å². The van der Waals surface area contributed by atoms with E-state index in [-0.39, 0.29) is 17.3 Å². The second-order valence-corrected chi connectivity index (χ2v) is 9.85. The van der Waals surface area contributed by atoms with Gasteiger partial charge >= 0.3 is 0 Å². The summed E-state index contributed by atoms with van der Waals surface area (Å²) in [7, 11) is -3.63. The van der Waals surface area contributed by atoms with E-state index in [0.717, 1.165) is 16.1 Å². The van der Waals surface area contributed by atoms with E-state index in [1.54, 1.807) is 10.9 Å². The molecule has 0 aliphatic rings. The zero-order valence-corrected chi connectivity index (χ0v) is 18.8. The number of rotatable bonds is 9. The van der Waals surface area contributed by atoms with Crippen molar-refractivity contribution in [3.8, 4) is 5.69 Å². The number of thiophene rings is 1. The van der Waals surface area contributed by atoms with E-state index in [0.29, 0.717) is 18.5 Å². The molecule has 0 aliphatic heterocycles. The molecule has 0 aliphatic carbocycles. The fraction of sp³-hybridized carbons (Fsp3) is 0.130. The normalized spacial score (nSPS) is 11.4. The number of sulfonamides is 1. The van der Waals surface area contributed by atoms with E-state index in [1.165, 1.54) is 35.6 Å². The van der Waals surface area contributed by atoms with E-state index < -0.39 is 10.0 Å². The van der Waals surface area contributed by atoms with Crippen LogP contribution in [-0.4, -0.2) is 30.7 Å². The molecule has 0 spiro atoms. The monoisotopic (exact) mass is 466 g/mol. The number of amides is 1. The van der Waals surface area contributed by atoms with Crippen LogP contribution in [0.25, 0.3) is 5.69 Å². The molecule has 2 N–H and O–H groups in total. The van der Waals surface area contributed by atoms with Gasteiger partial charge in [0.1, 0.15) is 0 Å². The summed E-state index contributed by atoms with van der Waals surface area (Å²) in [6.45, 7) is 0.716. The van der Waals surface area contributed by atoms with Crippen molar-refractivity contribution in [1.29, 1.82) is 0 Å². The van der Waals surface area contributed by atoms with Crippen LogP contribution in [0.2, 0.25) is 0 Å². The van der Waals surface area contributed by atoms with Crippen LogP contribution in [-0.2, 0) is 23.0 Å². The van der Waals surface area contributed by atoms with Crippen LogP contribution in [0.1, 0.15) is 20.8 Å². The highest BCUT2D eigenvalue weighted by molar-refractivity contribution is 7.89. The van der Waals surface area contributed by atoms with E-state index in [9.17, 15) is 13.2 Å². The first-order valence-corrected chi connectivity index (χ1v) is 12.4. The summed E-state index contributed by atoms with van der Waals surface area (Å²) in [4.78, 5) is 13.5. The number of benzene rings is 2. The Hall–Kier alpha value is -3.27. The van der Waals surface area contributed by atoms with E-state index in [2.05, 4.69) is 15.1 Å². The lowest BCUT2D eigenvalue weighted by molar-refractivity contribution is 0.0954. The highest BCUT2D eigenvalue weighted by Crippen LogP contribution is 2.14. The Balaban J connectivity index is 1.28. The first kappa shape index (κ1) is 21.9. The minimum atomic E-state index is -3.63. The molecule has 2 aromatic heterocycles. The molecule has 9 heteroatoms. The third-order valence-corrected chi connectivity index (χ3v) is 7.14. The van der Waals surface area contributed by atoms with Crippen LogP contribution < -0.4 is 10.0 Å². The fourth-order valence-corrected chi connectivity index (χ4v) is 4.85. The van der Waals surface area contributed by atoms with Crippen LogP contribution in [0.5, 0.6) is 0 Å². The predicted molar refractivity (Wildman–Crippen MR) is 124 cm³/mol. The molecular weight excluding hydrogens is 444 g/mol. The van der Waals surface area contributed by atoms with Crippen molar-refractivity contribution in [3.63, 3.8) is 0 Å². The summed E-state index contributed by atoms with van der Waals surface area (Å²) in [6.07, 6.45) is 4.29. The van der Waals surface area contributed by atoms with Gasteiger partial charge < -0.3 is 5.32 Å². The average molecular weight is 467 g/mol. The molecule has 7 nitrogen and oxygen atoms in total. The van der Waals surface area contributed by atoms with Gasteiger partial charge in [-0.1, -0.05) is 18.2 Å². The van der Waals surface area contributed by atoms with Gasteiger partial charge in [0, 0.05) is 35.9 Å². The van der Waals surface area contributed by atoms with Crippen molar-refractivity contribution in [2.75, 3.05) is 6.54 Å². The van der Waals surface area contributed by atoms with Gasteiger partial charge in [0.05, 0.1) is 10.6 Å². The molecule has 2 heterocycles. The maximum absolute atomic E-state index is 12.4. The molecule has 1 amide bonds. The van der Waals surface area contributed by atoms with Crippen LogP contribution in [0, 0.1) is 0 Å². The summed E-state index contributed by atoms with van der Waals surface area (Å²) in [5.41, 5.74) is 2.48. The van der Waals surface area contributed by atoms with E-state index in [1.807, 2.05) is 54.0 Å². The van der Waals surface area contributed by atoms with Gasteiger partial charge in [0.25, 0.3) is 5.91 Å². The van der Waals surface area contributed by atoms with Crippen molar-refractivity contribution in [2.45, 2.75) is 17.9 Å². The summed E-state index contributed by atoms with van der Waals surface area (Å²) < 4.78 is 29.2. The number of nitrogens with zero attached hydrogens (tertiary/aromatic N) is 2. The number of hydrogen-bond donors (Lipinski definition) is 2. The average Bonchev–Trinajstić information content (AvgIpc) is 3.53. The van der Waals surface area contributed by atoms with E-state index in [4.69, 9.17) is 0 Å². The molecule has 0 bridgehead atoms. The summed E-state index contributed by atoms with van der Waals surface area (Å²) >= 11 is 1.49. The number of nitrogens with one attached hydrogen (secondary N) is 2. The standard InChI is InChI=1S/C23H22N4O3S2/c28-23(24-14-12-18-4-8-20(9-5-18)27-15-2-13-25-27)19-6-10-22(11-7-19)32(29,30)26-17-21-3-1-16-31-21/h1-11,13,15-16,26H,12,14,17H2,(H,24,28). The van der Waals surface area contributed by atoms with Crippen molar-refractivity contribution in [3.05, 3.63) is 101 Å². The largest absolute Gasteiger partial charge is 0.352 e. The summed E-state index contributed by atoms with van der Waals surface area (Å²) in [6, 6.07) is 19.5. The molecule has 0 radical (unpaired) electrons. The maximum Gasteiger partial charge on any atom is 0.251 e. The topological polar surface area (TPSA) is 93.1 Å². The zero-order chi connectivity index (χ0) is 22.4. The lowest BCUT2D eigenvalue weighted by Gasteiger charge is -2.08. The number of carbonyl (C=O) groups excluding carboxylic acids is 1. The number of carbonyl (C=O) groups is 1. The Morgan fingerprint density at radius 3 is 2.44 bits per heavy atom. The number of aromatic nitrogens is 2. The maximum atomic E-state index is 12.4. The van der Waals surface area contributed by atoms with Crippen molar-refractivity contribution >= 4 is 27.3 Å². The Kier molecular flexibility index (Phi) is 6.79. The molecule has 0 fully saturated rings. The third kappa shape index (κ3) is 5.50. The Bertz CT molecular complexity index is 1250. The molecular formula is C23H22N4O3S2. The fourth-order valence-electron chi connectivity index (χ4n) is 3.11. The van der Waals surface area contributed by atoms with Gasteiger partial charge in [-0.3, -0.25) is 4.79 Å². The highest BCUT2D eigenvalue weighted by atomic mass is 32.2. The second-order valence-electron chi connectivity index (χ2n) is 7.05. The second kappa shape index (κ2) is 9.90. The van der Waals surface area contributed by atoms with Crippen LogP contribution >= 0.6 is 11.3 Å². The molecule has 0 unspecified atom stereocenters. The quantitative estimate of drug-likeness (QED) is 0.395. The molecule has 0 saturated carbocycles. The minimum Gasteiger partial charge on any atom is -0.352 e. The van der Waals surface area contributed by atoms with Gasteiger partial charge in [-0.2, -0.15) is 5.10 Å². The van der Waals surface area contributed by atoms with Crippen LogP contribution in [0.15, 0.2) is 89.4 Å². The molecule has 0 atom stereocenters. The third-order valence-electron chi connectivity index (χ3n) is 4.85. The summed E-state index contributed by atoms with van der Waals surface area (Å²) in [5.74, 6) is -0.242. The Morgan fingerprint density at radius 2 is 1.78 bits per heavy atom. The van der Waals surface area contributed by atoms with Crippen LogP contribution in [0.3, 0.4) is 0 Å². The first-order chi connectivity index (χ1) is 15.5. The van der Waals surface area contributed by atoms with Gasteiger partial charge in [-0.25, -0.2) is 17.8 Å². The van der Waals surface area contributed by atoms with Crippen molar-refractivity contribution < 1.29 is 13.2 Å². The first-order valence-electron chi connectivity index (χ1n) is 10.0. The summed E-state index contributed by atoms with van der Waals surface area (Å²) in [5, 5.41) is 8.96. The van der Waals surface area contributed by atoms with Crippen molar-refractivity contribution in [2.24, 2.45) is 0 Å². The van der Waals surface area contributed by atoms with E-state index >= 15 is 0 Å². The zero-order valence-electron chi connectivity index (χ0n) is 17.1. The highest BCUT2D eigenvalue weighted by Gasteiger charge is 2.15. The Labute approximate surface area is 190 Å². The lowest BCUT2D eigenvalue weighted by Crippen LogP contribution is -2.26. The smallest absolute Gasteiger partial charge is 0.251 e. The van der Waals surface area contributed by atoms with Gasteiger partial charge in [-0.15, -0.1) is 11.3 Å². The number of hydrogen-bond acceptors (Lipinski definition) is 5. The van der Waals surface area contributed by atoms with Crippen molar-refractivity contribution in [1.82, 2.24) is 19.8 Å². The molecule has 0 saturated heterocycles. The SMILES string of the molecule is O=C(NCCc1ccc(-n2cccn2)cc1)c1ccc(S(=O)(=O)NCc2cccs2)cc1. The van der Waals surface area contributed by atoms with Gasteiger partial charge in [0.2, 0.25) is 10.0 Å². The molecule has 32 heavy (non-hydrogen) atoms. The molecule has 4 aromatic rings. The molecule has 164 valence electrons.